The van der Waals surface area contributed by atoms with Gasteiger partial charge in [0.15, 0.2) is 0 Å². The molecule has 2 nitrogen and oxygen atoms in total. The molecule has 0 N–H and O–H groups in total. The second-order valence-electron chi connectivity index (χ2n) is 5.04. The van der Waals surface area contributed by atoms with Crippen LogP contribution in [0.3, 0.4) is 0 Å². The van der Waals surface area contributed by atoms with Crippen molar-refractivity contribution in [1.29, 1.82) is 0 Å². The van der Waals surface area contributed by atoms with E-state index in [-0.39, 0.29) is 6.04 Å². The molecule has 5 heteroatoms. The number of benzene rings is 1. The molecular formula is C16H17F3N2. The molecule has 1 aromatic carbocycles. The summed E-state index contributed by atoms with van der Waals surface area (Å²) in [6, 6.07) is 11.1. The third-order valence-electron chi connectivity index (χ3n) is 3.49. The van der Waals surface area contributed by atoms with Crippen molar-refractivity contribution in [2.24, 2.45) is 0 Å². The van der Waals surface area contributed by atoms with E-state index in [9.17, 15) is 13.2 Å². The molecule has 112 valence electrons. The van der Waals surface area contributed by atoms with E-state index < -0.39 is 11.7 Å². The van der Waals surface area contributed by atoms with Crippen molar-refractivity contribution in [2.75, 3.05) is 7.05 Å². The van der Waals surface area contributed by atoms with Crippen LogP contribution in [0.15, 0.2) is 48.7 Å². The third-order valence-corrected chi connectivity index (χ3v) is 3.49. The van der Waals surface area contributed by atoms with E-state index in [0.717, 1.165) is 23.4 Å². The first-order valence-corrected chi connectivity index (χ1v) is 6.65. The predicted octanol–water partition coefficient (Wildman–Crippen LogP) is 4.29. The van der Waals surface area contributed by atoms with Gasteiger partial charge in [-0.15, -0.1) is 0 Å². The van der Waals surface area contributed by atoms with Gasteiger partial charge in [0.05, 0.1) is 11.3 Å². The van der Waals surface area contributed by atoms with Gasteiger partial charge < -0.3 is 0 Å². The average Bonchev–Trinajstić information content (AvgIpc) is 2.47. The van der Waals surface area contributed by atoms with Crippen molar-refractivity contribution in [2.45, 2.75) is 25.7 Å². The van der Waals surface area contributed by atoms with Crippen LogP contribution in [0.2, 0.25) is 0 Å². The van der Waals surface area contributed by atoms with E-state index in [1.54, 1.807) is 6.20 Å². The van der Waals surface area contributed by atoms with E-state index in [1.807, 2.05) is 37.1 Å². The van der Waals surface area contributed by atoms with Gasteiger partial charge in [-0.1, -0.05) is 18.2 Å². The van der Waals surface area contributed by atoms with Crippen LogP contribution in [0.4, 0.5) is 13.2 Å². The average molecular weight is 294 g/mol. The Morgan fingerprint density at radius 3 is 2.29 bits per heavy atom. The van der Waals surface area contributed by atoms with E-state index in [4.69, 9.17) is 0 Å². The summed E-state index contributed by atoms with van der Waals surface area (Å²) in [6.45, 7) is 2.59. The summed E-state index contributed by atoms with van der Waals surface area (Å²) in [5.74, 6) is 0. The van der Waals surface area contributed by atoms with E-state index in [2.05, 4.69) is 4.98 Å². The number of rotatable bonds is 4. The highest BCUT2D eigenvalue weighted by Crippen LogP contribution is 2.29. The summed E-state index contributed by atoms with van der Waals surface area (Å²) in [4.78, 5) is 6.34. The normalized spacial score (nSPS) is 13.4. The van der Waals surface area contributed by atoms with Crippen LogP contribution < -0.4 is 0 Å². The highest BCUT2D eigenvalue weighted by atomic mass is 19.4. The number of aromatic nitrogens is 1. The maximum atomic E-state index is 12.5. The molecule has 0 aliphatic heterocycles. The molecule has 1 atom stereocenters. The molecule has 2 rings (SSSR count). The van der Waals surface area contributed by atoms with Crippen molar-refractivity contribution in [3.05, 3.63) is 65.5 Å². The van der Waals surface area contributed by atoms with Gasteiger partial charge in [0, 0.05) is 18.8 Å². The SMILES string of the molecule is C[C@@H](c1ccccn1)N(C)Cc1ccc(C(F)(F)F)cc1. The number of halogens is 3. The van der Waals surface area contributed by atoms with Crippen LogP contribution in [0.5, 0.6) is 0 Å². The Hall–Kier alpha value is -1.88. The third kappa shape index (κ3) is 4.04. The summed E-state index contributed by atoms with van der Waals surface area (Å²) in [5.41, 5.74) is 1.16. The second kappa shape index (κ2) is 6.26. The van der Waals surface area contributed by atoms with Gasteiger partial charge >= 0.3 is 6.18 Å². The van der Waals surface area contributed by atoms with Crippen molar-refractivity contribution in [3.63, 3.8) is 0 Å². The van der Waals surface area contributed by atoms with Gasteiger partial charge in [0.1, 0.15) is 0 Å². The maximum Gasteiger partial charge on any atom is 0.416 e. The van der Waals surface area contributed by atoms with Crippen LogP contribution in [-0.4, -0.2) is 16.9 Å². The van der Waals surface area contributed by atoms with Gasteiger partial charge in [-0.25, -0.2) is 0 Å². The minimum Gasteiger partial charge on any atom is -0.294 e. The zero-order valence-corrected chi connectivity index (χ0v) is 11.9. The second-order valence-corrected chi connectivity index (χ2v) is 5.04. The molecule has 2 aromatic rings. The fourth-order valence-electron chi connectivity index (χ4n) is 2.07. The van der Waals surface area contributed by atoms with Gasteiger partial charge in [-0.05, 0) is 43.8 Å². The lowest BCUT2D eigenvalue weighted by molar-refractivity contribution is -0.137. The topological polar surface area (TPSA) is 16.1 Å². The number of pyridine rings is 1. The Balaban J connectivity index is 2.04. The summed E-state index contributed by atoms with van der Waals surface area (Å²) >= 11 is 0. The van der Waals surface area contributed by atoms with Crippen LogP contribution in [-0.2, 0) is 12.7 Å². The van der Waals surface area contributed by atoms with Crippen molar-refractivity contribution < 1.29 is 13.2 Å². The zero-order valence-electron chi connectivity index (χ0n) is 11.9. The molecule has 1 aromatic heterocycles. The van der Waals surface area contributed by atoms with Crippen LogP contribution in [0.1, 0.15) is 29.8 Å². The molecule has 0 bridgehead atoms. The summed E-state index contributed by atoms with van der Waals surface area (Å²) in [6.07, 6.45) is -2.55. The highest BCUT2D eigenvalue weighted by Gasteiger charge is 2.29. The van der Waals surface area contributed by atoms with Crippen molar-refractivity contribution in [1.82, 2.24) is 9.88 Å². The van der Waals surface area contributed by atoms with Crippen LogP contribution >= 0.6 is 0 Å². The summed E-state index contributed by atoms with van der Waals surface area (Å²) < 4.78 is 37.5. The molecule has 0 amide bonds. The fraction of sp³-hybridized carbons (Fsp3) is 0.312. The molecule has 0 saturated heterocycles. The molecule has 21 heavy (non-hydrogen) atoms. The lowest BCUT2D eigenvalue weighted by Gasteiger charge is -2.24. The standard InChI is InChI=1S/C16H17F3N2/c1-12(15-5-3-4-10-20-15)21(2)11-13-6-8-14(9-7-13)16(17,18)19/h3-10,12H,11H2,1-2H3/t12-/m0/s1. The lowest BCUT2D eigenvalue weighted by Crippen LogP contribution is -2.22. The summed E-state index contributed by atoms with van der Waals surface area (Å²) in [5, 5.41) is 0. The molecule has 0 spiro atoms. The number of hydrogen-bond acceptors (Lipinski definition) is 2. The highest BCUT2D eigenvalue weighted by molar-refractivity contribution is 5.24. The molecule has 0 aliphatic rings. The van der Waals surface area contributed by atoms with Crippen molar-refractivity contribution >= 4 is 0 Å². The molecule has 0 fully saturated rings. The molecule has 0 saturated carbocycles. The molecule has 0 unspecified atom stereocenters. The van der Waals surface area contributed by atoms with Crippen molar-refractivity contribution in [3.8, 4) is 0 Å². The first-order valence-electron chi connectivity index (χ1n) is 6.65. The van der Waals surface area contributed by atoms with Crippen LogP contribution in [0, 0.1) is 0 Å². The smallest absolute Gasteiger partial charge is 0.294 e. The largest absolute Gasteiger partial charge is 0.416 e. The molecular weight excluding hydrogens is 277 g/mol. The molecule has 1 heterocycles. The Morgan fingerprint density at radius 1 is 1.10 bits per heavy atom. The quantitative estimate of drug-likeness (QED) is 0.836. The molecule has 0 aliphatic carbocycles. The minimum absolute atomic E-state index is 0.0912. The lowest BCUT2D eigenvalue weighted by atomic mass is 10.1. The van der Waals surface area contributed by atoms with Gasteiger partial charge in [-0.2, -0.15) is 13.2 Å². The Kier molecular flexibility index (Phi) is 4.63. The van der Waals surface area contributed by atoms with Gasteiger partial charge in [0.25, 0.3) is 0 Å². The van der Waals surface area contributed by atoms with E-state index in [1.165, 1.54) is 12.1 Å². The summed E-state index contributed by atoms with van der Waals surface area (Å²) in [7, 11) is 1.93. The zero-order chi connectivity index (χ0) is 15.5. The minimum atomic E-state index is -4.29. The predicted molar refractivity (Wildman–Crippen MR) is 75.6 cm³/mol. The number of alkyl halides is 3. The number of hydrogen-bond donors (Lipinski definition) is 0. The molecule has 0 radical (unpaired) electrons. The Morgan fingerprint density at radius 2 is 1.76 bits per heavy atom. The number of nitrogens with zero attached hydrogens (tertiary/aromatic N) is 2. The first kappa shape index (κ1) is 15.5. The Bertz CT molecular complexity index is 564. The fourth-order valence-corrected chi connectivity index (χ4v) is 2.07. The Labute approximate surface area is 122 Å². The van der Waals surface area contributed by atoms with Gasteiger partial charge in [0.2, 0.25) is 0 Å². The van der Waals surface area contributed by atoms with Crippen LogP contribution in [0.25, 0.3) is 0 Å². The first-order chi connectivity index (χ1) is 9.88. The monoisotopic (exact) mass is 294 g/mol. The van der Waals surface area contributed by atoms with E-state index >= 15 is 0 Å². The maximum absolute atomic E-state index is 12.5. The van der Waals surface area contributed by atoms with E-state index in [0.29, 0.717) is 6.54 Å². The van der Waals surface area contributed by atoms with Gasteiger partial charge in [-0.3, -0.25) is 9.88 Å².